The molecule has 0 radical (unpaired) electrons. The predicted octanol–water partition coefficient (Wildman–Crippen LogP) is 3.31. The number of ketones is 1. The number of aromatic nitrogens is 1. The SMILES string of the molecule is COc1ccc(CC(=O)c2ccc(Cl)cn2)cc1F. The molecule has 0 aliphatic rings. The molecule has 0 bridgehead atoms. The molecule has 5 heteroatoms. The molecule has 0 amide bonds. The molecule has 19 heavy (non-hydrogen) atoms. The number of methoxy groups -OCH3 is 1. The van der Waals surface area contributed by atoms with E-state index >= 15 is 0 Å². The second-order valence-corrected chi connectivity index (χ2v) is 4.37. The Hall–Kier alpha value is -1.94. The van der Waals surface area contributed by atoms with E-state index < -0.39 is 5.82 Å². The first kappa shape index (κ1) is 13.5. The zero-order chi connectivity index (χ0) is 13.8. The Labute approximate surface area is 115 Å². The van der Waals surface area contributed by atoms with Gasteiger partial charge in [-0.25, -0.2) is 4.39 Å². The number of hydrogen-bond acceptors (Lipinski definition) is 3. The van der Waals surface area contributed by atoms with Crippen molar-refractivity contribution >= 4 is 17.4 Å². The van der Waals surface area contributed by atoms with E-state index in [-0.39, 0.29) is 18.0 Å². The van der Waals surface area contributed by atoms with Gasteiger partial charge in [-0.05, 0) is 29.8 Å². The lowest BCUT2D eigenvalue weighted by atomic mass is 10.1. The van der Waals surface area contributed by atoms with Crippen LogP contribution in [0.3, 0.4) is 0 Å². The van der Waals surface area contributed by atoms with Crippen molar-refractivity contribution < 1.29 is 13.9 Å². The smallest absolute Gasteiger partial charge is 0.185 e. The summed E-state index contributed by atoms with van der Waals surface area (Å²) >= 11 is 5.69. The summed E-state index contributed by atoms with van der Waals surface area (Å²) in [5.41, 5.74) is 0.876. The van der Waals surface area contributed by atoms with Crippen LogP contribution in [-0.4, -0.2) is 17.9 Å². The van der Waals surface area contributed by atoms with Crippen molar-refractivity contribution in [2.24, 2.45) is 0 Å². The fourth-order valence-electron chi connectivity index (χ4n) is 1.64. The third-order valence-electron chi connectivity index (χ3n) is 2.59. The first-order valence-electron chi connectivity index (χ1n) is 5.57. The normalized spacial score (nSPS) is 10.3. The number of carbonyl (C=O) groups excluding carboxylic acids is 1. The van der Waals surface area contributed by atoms with Gasteiger partial charge in [-0.1, -0.05) is 17.7 Å². The molecule has 0 spiro atoms. The second-order valence-electron chi connectivity index (χ2n) is 3.93. The van der Waals surface area contributed by atoms with Crippen LogP contribution in [0.25, 0.3) is 0 Å². The molecule has 0 fully saturated rings. The monoisotopic (exact) mass is 279 g/mol. The maximum atomic E-state index is 13.5. The van der Waals surface area contributed by atoms with E-state index in [1.807, 2.05) is 0 Å². The molecule has 98 valence electrons. The van der Waals surface area contributed by atoms with Gasteiger partial charge in [0.05, 0.1) is 12.1 Å². The molecule has 0 atom stereocenters. The summed E-state index contributed by atoms with van der Waals surface area (Å²) < 4.78 is 18.3. The molecule has 0 unspecified atom stereocenters. The van der Waals surface area contributed by atoms with E-state index in [1.165, 1.54) is 25.4 Å². The molecular weight excluding hydrogens is 269 g/mol. The first-order chi connectivity index (χ1) is 9.10. The number of pyridine rings is 1. The standard InChI is InChI=1S/C14H11ClFNO2/c1-19-14-5-2-9(6-11(14)16)7-13(18)12-4-3-10(15)8-17-12/h2-6,8H,7H2,1H3. The van der Waals surface area contributed by atoms with Crippen LogP contribution in [0.15, 0.2) is 36.5 Å². The van der Waals surface area contributed by atoms with E-state index in [4.69, 9.17) is 16.3 Å². The number of nitrogens with zero attached hydrogens (tertiary/aromatic N) is 1. The van der Waals surface area contributed by atoms with Crippen molar-refractivity contribution in [3.05, 3.63) is 58.6 Å². The molecule has 0 aliphatic carbocycles. The Balaban J connectivity index is 2.14. The van der Waals surface area contributed by atoms with Gasteiger partial charge >= 0.3 is 0 Å². The van der Waals surface area contributed by atoms with Crippen LogP contribution in [-0.2, 0) is 6.42 Å². The molecule has 1 heterocycles. The average molecular weight is 280 g/mol. The number of ether oxygens (including phenoxy) is 1. The molecule has 0 aliphatic heterocycles. The predicted molar refractivity (Wildman–Crippen MR) is 70.2 cm³/mol. The van der Waals surface area contributed by atoms with E-state index in [0.717, 1.165) is 0 Å². The third-order valence-corrected chi connectivity index (χ3v) is 2.82. The lowest BCUT2D eigenvalue weighted by Crippen LogP contribution is -2.06. The minimum Gasteiger partial charge on any atom is -0.494 e. The van der Waals surface area contributed by atoms with Crippen LogP contribution in [0.1, 0.15) is 16.1 Å². The van der Waals surface area contributed by atoms with Gasteiger partial charge in [0.2, 0.25) is 0 Å². The topological polar surface area (TPSA) is 39.2 Å². The fourth-order valence-corrected chi connectivity index (χ4v) is 1.75. The van der Waals surface area contributed by atoms with Gasteiger partial charge < -0.3 is 4.74 Å². The second kappa shape index (κ2) is 5.80. The number of benzene rings is 1. The van der Waals surface area contributed by atoms with Crippen LogP contribution < -0.4 is 4.74 Å². The number of Topliss-reactive ketones (excluding diaryl/α,β-unsaturated/α-hetero) is 1. The minimum atomic E-state index is -0.489. The first-order valence-corrected chi connectivity index (χ1v) is 5.95. The van der Waals surface area contributed by atoms with Gasteiger partial charge in [-0.2, -0.15) is 0 Å². The van der Waals surface area contributed by atoms with Gasteiger partial charge in [0.25, 0.3) is 0 Å². The molecule has 3 nitrogen and oxygen atoms in total. The summed E-state index contributed by atoms with van der Waals surface area (Å²) in [5, 5.41) is 0.465. The molecule has 0 N–H and O–H groups in total. The van der Waals surface area contributed by atoms with Crippen molar-refractivity contribution in [2.45, 2.75) is 6.42 Å². The number of halogens is 2. The highest BCUT2D eigenvalue weighted by Gasteiger charge is 2.10. The summed E-state index contributed by atoms with van der Waals surface area (Å²) in [6.45, 7) is 0. The lowest BCUT2D eigenvalue weighted by Gasteiger charge is -2.04. The Kier molecular flexibility index (Phi) is 4.12. The highest BCUT2D eigenvalue weighted by atomic mass is 35.5. The molecule has 1 aromatic carbocycles. The molecule has 0 saturated carbocycles. The van der Waals surface area contributed by atoms with E-state index in [9.17, 15) is 9.18 Å². The molecule has 2 rings (SSSR count). The summed E-state index contributed by atoms with van der Waals surface area (Å²) in [6.07, 6.45) is 1.49. The molecule has 0 saturated heterocycles. The van der Waals surface area contributed by atoms with Gasteiger partial charge in [-0.15, -0.1) is 0 Å². The Morgan fingerprint density at radius 3 is 2.74 bits per heavy atom. The molecule has 1 aromatic heterocycles. The fraction of sp³-hybridized carbons (Fsp3) is 0.143. The maximum Gasteiger partial charge on any atom is 0.185 e. The number of rotatable bonds is 4. The van der Waals surface area contributed by atoms with Gasteiger partial charge in [0, 0.05) is 12.6 Å². The summed E-state index contributed by atoms with van der Waals surface area (Å²) in [5.74, 6) is -0.529. The molecule has 2 aromatic rings. The van der Waals surface area contributed by atoms with Crippen molar-refractivity contribution in [2.75, 3.05) is 7.11 Å². The van der Waals surface area contributed by atoms with E-state index in [2.05, 4.69) is 4.98 Å². The van der Waals surface area contributed by atoms with Crippen LogP contribution in [0.5, 0.6) is 5.75 Å². The third kappa shape index (κ3) is 3.29. The number of carbonyl (C=O) groups is 1. The van der Waals surface area contributed by atoms with Crippen molar-refractivity contribution in [1.29, 1.82) is 0 Å². The number of hydrogen-bond donors (Lipinski definition) is 0. The minimum absolute atomic E-state index is 0.0789. The van der Waals surface area contributed by atoms with Crippen molar-refractivity contribution in [3.63, 3.8) is 0 Å². The van der Waals surface area contributed by atoms with E-state index in [1.54, 1.807) is 18.2 Å². The Morgan fingerprint density at radius 2 is 2.16 bits per heavy atom. The summed E-state index contributed by atoms with van der Waals surface area (Å²) in [4.78, 5) is 15.9. The maximum absolute atomic E-state index is 13.5. The van der Waals surface area contributed by atoms with Gasteiger partial charge in [0.1, 0.15) is 5.69 Å². The van der Waals surface area contributed by atoms with Crippen molar-refractivity contribution in [1.82, 2.24) is 4.98 Å². The van der Waals surface area contributed by atoms with Gasteiger partial charge in [-0.3, -0.25) is 9.78 Å². The average Bonchev–Trinajstić information content (AvgIpc) is 2.39. The van der Waals surface area contributed by atoms with Crippen molar-refractivity contribution in [3.8, 4) is 5.75 Å². The summed E-state index contributed by atoms with van der Waals surface area (Å²) in [6, 6.07) is 7.57. The molecular formula is C14H11ClFNO2. The zero-order valence-corrected chi connectivity index (χ0v) is 10.9. The van der Waals surface area contributed by atoms with Crippen LogP contribution >= 0.6 is 11.6 Å². The quantitative estimate of drug-likeness (QED) is 0.806. The van der Waals surface area contributed by atoms with Crippen LogP contribution in [0, 0.1) is 5.82 Å². The van der Waals surface area contributed by atoms with Crippen LogP contribution in [0.4, 0.5) is 4.39 Å². The van der Waals surface area contributed by atoms with Crippen LogP contribution in [0.2, 0.25) is 5.02 Å². The summed E-state index contributed by atoms with van der Waals surface area (Å²) in [7, 11) is 1.39. The van der Waals surface area contributed by atoms with E-state index in [0.29, 0.717) is 16.3 Å². The highest BCUT2D eigenvalue weighted by molar-refractivity contribution is 6.30. The van der Waals surface area contributed by atoms with Gasteiger partial charge in [0.15, 0.2) is 17.3 Å². The lowest BCUT2D eigenvalue weighted by molar-refractivity contribution is 0.0988. The zero-order valence-electron chi connectivity index (χ0n) is 10.2. The Bertz CT molecular complexity index is 599. The largest absolute Gasteiger partial charge is 0.494 e. The highest BCUT2D eigenvalue weighted by Crippen LogP contribution is 2.18. The Morgan fingerprint density at radius 1 is 1.37 bits per heavy atom.